The summed E-state index contributed by atoms with van der Waals surface area (Å²) in [6.45, 7) is 5.64. The molecule has 1 aromatic heterocycles. The number of aromatic nitrogens is 1. The predicted octanol–water partition coefficient (Wildman–Crippen LogP) is 3.64. The van der Waals surface area contributed by atoms with Crippen molar-refractivity contribution in [1.29, 1.82) is 0 Å². The molecule has 0 aliphatic carbocycles. The van der Waals surface area contributed by atoms with Crippen LogP contribution >= 0.6 is 39.0 Å². The van der Waals surface area contributed by atoms with Gasteiger partial charge in [0.25, 0.3) is 0 Å². The van der Waals surface area contributed by atoms with Crippen molar-refractivity contribution in [1.82, 2.24) is 9.88 Å². The zero-order valence-electron chi connectivity index (χ0n) is 17.9. The molecule has 1 saturated heterocycles. The number of esters is 1. The number of hydrogen-bond acceptors (Lipinski definition) is 7. The first-order valence-corrected chi connectivity index (χ1v) is 13.0. The van der Waals surface area contributed by atoms with Gasteiger partial charge in [0.05, 0.1) is 29.2 Å². The van der Waals surface area contributed by atoms with Crippen molar-refractivity contribution in [3.8, 4) is 0 Å². The summed E-state index contributed by atoms with van der Waals surface area (Å²) >= 11 is 6.36. The minimum atomic E-state index is -0.259. The molecule has 2 aromatic rings. The maximum absolute atomic E-state index is 13.3. The van der Waals surface area contributed by atoms with Crippen molar-refractivity contribution in [2.24, 2.45) is 0 Å². The van der Waals surface area contributed by atoms with Crippen molar-refractivity contribution in [3.63, 3.8) is 0 Å². The number of amides is 2. The second-order valence-electron chi connectivity index (χ2n) is 7.96. The second kappa shape index (κ2) is 9.52. The van der Waals surface area contributed by atoms with E-state index in [-0.39, 0.29) is 35.4 Å². The van der Waals surface area contributed by atoms with Gasteiger partial charge in [0.1, 0.15) is 5.01 Å². The standard InChI is InChI=1S/C22H24BrN3O4S2/c1-3-30-20(29)11-31-21-10-24-18(32-21)9-19(28)26-13-22(6-7-25(12-22)14(2)27)16-8-15(23)4-5-17(16)26/h4-5,8,10H,3,6-7,9,11-13H2,1-2H3. The zero-order chi connectivity index (χ0) is 22.9. The molecule has 1 unspecified atom stereocenters. The molecular weight excluding hydrogens is 514 g/mol. The maximum Gasteiger partial charge on any atom is 0.316 e. The summed E-state index contributed by atoms with van der Waals surface area (Å²) in [5.41, 5.74) is 1.80. The Morgan fingerprint density at radius 3 is 2.84 bits per heavy atom. The summed E-state index contributed by atoms with van der Waals surface area (Å²) in [4.78, 5) is 44.9. The average Bonchev–Trinajstić information content (AvgIpc) is 3.46. The molecule has 0 bridgehead atoms. The lowest BCUT2D eigenvalue weighted by molar-refractivity contribution is -0.139. The molecule has 32 heavy (non-hydrogen) atoms. The third-order valence-electron chi connectivity index (χ3n) is 5.85. The molecule has 10 heteroatoms. The van der Waals surface area contributed by atoms with Gasteiger partial charge in [-0.1, -0.05) is 15.9 Å². The number of thiazole rings is 1. The highest BCUT2D eigenvalue weighted by Crippen LogP contribution is 2.47. The average molecular weight is 538 g/mol. The van der Waals surface area contributed by atoms with E-state index in [4.69, 9.17) is 4.74 Å². The lowest BCUT2D eigenvalue weighted by Gasteiger charge is -2.25. The quantitative estimate of drug-likeness (QED) is 0.413. The monoisotopic (exact) mass is 537 g/mol. The van der Waals surface area contributed by atoms with Crippen molar-refractivity contribution in [2.45, 2.75) is 36.3 Å². The second-order valence-corrected chi connectivity index (χ2v) is 11.3. The molecule has 3 heterocycles. The molecule has 170 valence electrons. The summed E-state index contributed by atoms with van der Waals surface area (Å²) in [5.74, 6) is 0.0270. The first kappa shape index (κ1) is 23.3. The van der Waals surface area contributed by atoms with Crippen LogP contribution in [0, 0.1) is 0 Å². The van der Waals surface area contributed by atoms with Crippen LogP contribution in [0.15, 0.2) is 33.1 Å². The molecule has 7 nitrogen and oxygen atoms in total. The fraction of sp³-hybridized carbons (Fsp3) is 0.455. The Morgan fingerprint density at radius 2 is 2.12 bits per heavy atom. The zero-order valence-corrected chi connectivity index (χ0v) is 21.1. The Hall–Kier alpha value is -1.91. The van der Waals surface area contributed by atoms with Crippen LogP contribution < -0.4 is 4.90 Å². The maximum atomic E-state index is 13.3. The van der Waals surface area contributed by atoms with Crippen LogP contribution in [0.4, 0.5) is 5.69 Å². The van der Waals surface area contributed by atoms with Crippen molar-refractivity contribution < 1.29 is 19.1 Å². The van der Waals surface area contributed by atoms with Gasteiger partial charge in [0.15, 0.2) is 0 Å². The first-order chi connectivity index (χ1) is 15.3. The van der Waals surface area contributed by atoms with Crippen LogP contribution in [-0.4, -0.2) is 59.7 Å². The summed E-state index contributed by atoms with van der Waals surface area (Å²) in [7, 11) is 0. The van der Waals surface area contributed by atoms with E-state index in [9.17, 15) is 14.4 Å². The lowest BCUT2D eigenvalue weighted by atomic mass is 9.81. The number of benzene rings is 1. The number of hydrogen-bond donors (Lipinski definition) is 0. The van der Waals surface area contributed by atoms with Crippen LogP contribution in [0.3, 0.4) is 0 Å². The normalized spacial score (nSPS) is 19.5. The Bertz CT molecular complexity index is 1060. The minimum Gasteiger partial charge on any atom is -0.465 e. The highest BCUT2D eigenvalue weighted by Gasteiger charge is 2.49. The number of carbonyl (C=O) groups excluding carboxylic acids is 3. The van der Waals surface area contributed by atoms with Crippen LogP contribution in [0.1, 0.15) is 30.8 Å². The highest BCUT2D eigenvalue weighted by molar-refractivity contribution is 9.10. The summed E-state index contributed by atoms with van der Waals surface area (Å²) in [6.07, 6.45) is 2.74. The Balaban J connectivity index is 1.48. The molecule has 0 N–H and O–H groups in total. The van der Waals surface area contributed by atoms with E-state index in [1.54, 1.807) is 20.0 Å². The summed E-state index contributed by atoms with van der Waals surface area (Å²) < 4.78 is 6.80. The van der Waals surface area contributed by atoms with Gasteiger partial charge in [-0.2, -0.15) is 0 Å². The molecule has 2 aliphatic rings. The SMILES string of the molecule is CCOC(=O)CSc1cnc(CC(=O)N2CC3(CCN(C(C)=O)C3)c3cc(Br)ccc32)s1. The summed E-state index contributed by atoms with van der Waals surface area (Å²) in [5, 5.41) is 0.720. The van der Waals surface area contributed by atoms with Gasteiger partial charge in [-0.15, -0.1) is 23.1 Å². The van der Waals surface area contributed by atoms with Crippen LogP contribution in [0.25, 0.3) is 0 Å². The van der Waals surface area contributed by atoms with Crippen molar-refractivity contribution in [2.75, 3.05) is 36.9 Å². The van der Waals surface area contributed by atoms with Crippen LogP contribution in [-0.2, 0) is 31.0 Å². The molecule has 0 saturated carbocycles. The van der Waals surface area contributed by atoms with E-state index in [0.29, 0.717) is 26.2 Å². The number of halogens is 1. The van der Waals surface area contributed by atoms with Crippen LogP contribution in [0.2, 0.25) is 0 Å². The number of likely N-dealkylation sites (tertiary alicyclic amines) is 1. The van der Waals surface area contributed by atoms with E-state index in [1.165, 1.54) is 23.1 Å². The lowest BCUT2D eigenvalue weighted by Crippen LogP contribution is -2.40. The number of anilines is 1. The highest BCUT2D eigenvalue weighted by atomic mass is 79.9. The van der Waals surface area contributed by atoms with E-state index in [2.05, 4.69) is 27.0 Å². The molecule has 2 aliphatic heterocycles. The van der Waals surface area contributed by atoms with Gasteiger partial charge in [0, 0.05) is 42.1 Å². The number of rotatable bonds is 6. The molecule has 2 amide bonds. The molecular formula is C22H24BrN3O4S2. The van der Waals surface area contributed by atoms with Gasteiger partial charge in [-0.25, -0.2) is 4.98 Å². The predicted molar refractivity (Wildman–Crippen MR) is 128 cm³/mol. The van der Waals surface area contributed by atoms with Gasteiger partial charge in [-0.05, 0) is 37.1 Å². The third kappa shape index (κ3) is 4.72. The topological polar surface area (TPSA) is 79.8 Å². The van der Waals surface area contributed by atoms with E-state index >= 15 is 0 Å². The van der Waals surface area contributed by atoms with Crippen molar-refractivity contribution >= 4 is 62.5 Å². The van der Waals surface area contributed by atoms with Gasteiger partial charge in [-0.3, -0.25) is 14.4 Å². The van der Waals surface area contributed by atoms with Gasteiger partial charge < -0.3 is 14.5 Å². The fourth-order valence-electron chi connectivity index (χ4n) is 4.35. The largest absolute Gasteiger partial charge is 0.465 e. The third-order valence-corrected chi connectivity index (χ3v) is 8.51. The van der Waals surface area contributed by atoms with E-state index < -0.39 is 0 Å². The van der Waals surface area contributed by atoms with E-state index in [1.807, 2.05) is 21.9 Å². The number of carbonyl (C=O) groups is 3. The minimum absolute atomic E-state index is 0.0111. The Kier molecular flexibility index (Phi) is 6.92. The van der Waals surface area contributed by atoms with E-state index in [0.717, 1.165) is 31.4 Å². The van der Waals surface area contributed by atoms with Gasteiger partial charge >= 0.3 is 5.97 Å². The first-order valence-electron chi connectivity index (χ1n) is 10.4. The van der Waals surface area contributed by atoms with Crippen LogP contribution in [0.5, 0.6) is 0 Å². The molecule has 1 fully saturated rings. The number of ether oxygens (including phenoxy) is 1. The fourth-order valence-corrected chi connectivity index (χ4v) is 6.53. The molecule has 1 atom stereocenters. The smallest absolute Gasteiger partial charge is 0.316 e. The molecule has 0 radical (unpaired) electrons. The molecule has 1 aromatic carbocycles. The Morgan fingerprint density at radius 1 is 1.31 bits per heavy atom. The number of fused-ring (bicyclic) bond motifs is 2. The molecule has 1 spiro atoms. The Labute approximate surface area is 203 Å². The molecule has 4 rings (SSSR count). The summed E-state index contributed by atoms with van der Waals surface area (Å²) in [6, 6.07) is 6.01. The number of thioether (sulfide) groups is 1. The van der Waals surface area contributed by atoms with Crippen molar-refractivity contribution in [3.05, 3.63) is 39.4 Å². The van der Waals surface area contributed by atoms with Gasteiger partial charge in [0.2, 0.25) is 11.8 Å². The number of nitrogens with zero attached hydrogens (tertiary/aromatic N) is 3.